The topological polar surface area (TPSA) is 37.3 Å². The highest BCUT2D eigenvalue weighted by atomic mass is 16.4. The number of hydrogen-bond acceptors (Lipinski definition) is 1. The van der Waals surface area contributed by atoms with Gasteiger partial charge in [-0.15, -0.1) is 0 Å². The third-order valence-corrected chi connectivity index (χ3v) is 2.92. The molecular weight excluding hydrogens is 272 g/mol. The van der Waals surface area contributed by atoms with Gasteiger partial charge in [0.05, 0.1) is 0 Å². The maximum Gasteiger partial charge on any atom is 0.303 e. The molecule has 0 aliphatic carbocycles. The van der Waals surface area contributed by atoms with Crippen LogP contribution in [-0.2, 0) is 4.79 Å². The Bertz CT molecular complexity index is 398. The average molecular weight is 302 g/mol. The van der Waals surface area contributed by atoms with Crippen LogP contribution in [0.15, 0.2) is 60.8 Å². The highest BCUT2D eigenvalue weighted by molar-refractivity contribution is 5.66. The minimum atomic E-state index is -0.715. The van der Waals surface area contributed by atoms with Crippen LogP contribution in [0.5, 0.6) is 0 Å². The van der Waals surface area contributed by atoms with Gasteiger partial charge in [-0.05, 0) is 44.9 Å². The summed E-state index contributed by atoms with van der Waals surface area (Å²) in [5.74, 6) is -0.715. The van der Waals surface area contributed by atoms with Crippen molar-refractivity contribution < 1.29 is 9.90 Å². The number of unbranched alkanes of at least 4 members (excludes halogenated alkanes) is 1. The molecule has 22 heavy (non-hydrogen) atoms. The molecular formula is C20H30O2. The second-order valence-electron chi connectivity index (χ2n) is 4.99. The first-order valence-corrected chi connectivity index (χ1v) is 8.24. The lowest BCUT2D eigenvalue weighted by molar-refractivity contribution is -0.137. The summed E-state index contributed by atoms with van der Waals surface area (Å²) in [6, 6.07) is 0. The third kappa shape index (κ3) is 18.2. The second kappa shape index (κ2) is 17.2. The third-order valence-electron chi connectivity index (χ3n) is 2.92. The minimum absolute atomic E-state index is 0.258. The molecule has 0 saturated heterocycles. The molecule has 0 saturated carbocycles. The molecule has 0 bridgehead atoms. The summed E-state index contributed by atoms with van der Waals surface area (Å²) in [7, 11) is 0. The van der Waals surface area contributed by atoms with Crippen LogP contribution in [0.25, 0.3) is 0 Å². The zero-order valence-corrected chi connectivity index (χ0v) is 13.8. The molecule has 0 unspecified atom stereocenters. The minimum Gasteiger partial charge on any atom is -0.481 e. The zero-order valence-electron chi connectivity index (χ0n) is 13.8. The van der Waals surface area contributed by atoms with Gasteiger partial charge >= 0.3 is 5.97 Å². The van der Waals surface area contributed by atoms with E-state index in [1.54, 1.807) is 0 Å². The summed E-state index contributed by atoms with van der Waals surface area (Å²) in [6.07, 6.45) is 28.4. The molecule has 0 heterocycles. The van der Waals surface area contributed by atoms with E-state index in [9.17, 15) is 4.79 Å². The lowest BCUT2D eigenvalue weighted by atomic mass is 10.2. The highest BCUT2D eigenvalue weighted by Gasteiger charge is 1.92. The Morgan fingerprint density at radius 2 is 1.14 bits per heavy atom. The van der Waals surface area contributed by atoms with Crippen molar-refractivity contribution in [1.82, 2.24) is 0 Å². The van der Waals surface area contributed by atoms with Crippen LogP contribution in [0.2, 0.25) is 0 Å². The van der Waals surface area contributed by atoms with Crippen molar-refractivity contribution in [3.05, 3.63) is 60.8 Å². The van der Waals surface area contributed by atoms with Crippen molar-refractivity contribution in [2.45, 2.75) is 58.3 Å². The highest BCUT2D eigenvalue weighted by Crippen LogP contribution is 1.99. The van der Waals surface area contributed by atoms with Crippen molar-refractivity contribution in [3.8, 4) is 0 Å². The lowest BCUT2D eigenvalue weighted by Crippen LogP contribution is -1.92. The number of aliphatic carboxylic acids is 1. The normalized spacial score (nSPS) is 12.8. The molecule has 0 aromatic heterocycles. The van der Waals surface area contributed by atoms with E-state index in [4.69, 9.17) is 5.11 Å². The fourth-order valence-corrected chi connectivity index (χ4v) is 1.74. The van der Waals surface area contributed by atoms with Gasteiger partial charge in [0, 0.05) is 6.42 Å². The van der Waals surface area contributed by atoms with E-state index in [-0.39, 0.29) is 6.42 Å². The van der Waals surface area contributed by atoms with Gasteiger partial charge in [-0.2, -0.15) is 0 Å². The first-order chi connectivity index (χ1) is 10.8. The maximum atomic E-state index is 10.3. The van der Waals surface area contributed by atoms with Crippen LogP contribution in [0.3, 0.4) is 0 Å². The van der Waals surface area contributed by atoms with Crippen LogP contribution >= 0.6 is 0 Å². The monoisotopic (exact) mass is 302 g/mol. The summed E-state index contributed by atoms with van der Waals surface area (Å²) in [5, 5.41) is 8.49. The first-order valence-electron chi connectivity index (χ1n) is 8.24. The number of hydrogen-bond donors (Lipinski definition) is 1. The predicted octanol–water partition coefficient (Wildman–Crippen LogP) is 5.99. The average Bonchev–Trinajstić information content (AvgIpc) is 2.50. The summed E-state index contributed by atoms with van der Waals surface area (Å²) in [4.78, 5) is 10.3. The number of carboxylic acid groups (broad SMARTS) is 1. The van der Waals surface area contributed by atoms with Gasteiger partial charge in [0.15, 0.2) is 0 Å². The van der Waals surface area contributed by atoms with Gasteiger partial charge in [-0.25, -0.2) is 0 Å². The van der Waals surface area contributed by atoms with Gasteiger partial charge in [0.2, 0.25) is 0 Å². The van der Waals surface area contributed by atoms with Crippen molar-refractivity contribution in [2.75, 3.05) is 0 Å². The molecule has 0 aliphatic rings. The fourth-order valence-electron chi connectivity index (χ4n) is 1.74. The van der Waals surface area contributed by atoms with E-state index in [2.05, 4.69) is 67.7 Å². The smallest absolute Gasteiger partial charge is 0.303 e. The molecule has 0 atom stereocenters. The lowest BCUT2D eigenvalue weighted by Gasteiger charge is -1.89. The molecule has 2 nitrogen and oxygen atoms in total. The molecule has 0 spiro atoms. The molecule has 122 valence electrons. The van der Waals surface area contributed by atoms with E-state index in [1.807, 2.05) is 0 Å². The largest absolute Gasteiger partial charge is 0.481 e. The van der Waals surface area contributed by atoms with Crippen molar-refractivity contribution in [1.29, 1.82) is 0 Å². The zero-order chi connectivity index (χ0) is 16.3. The van der Waals surface area contributed by atoms with Gasteiger partial charge in [-0.3, -0.25) is 4.79 Å². The van der Waals surface area contributed by atoms with E-state index in [1.165, 1.54) is 0 Å². The Labute approximate surface area is 135 Å². The standard InChI is InChI=1S/C20H30O2/c1-2-3-4-5-6-7-8-9-10-11-12-13-14-15-16-17-18-19-20(21)22/h3-4,6-7,9-10,12-13,15-16H,2,5,8,11,14,17-19H2,1H3,(H,21,22)/b4-3-,7-6-,10-9?,13-12-,16-15-. The Morgan fingerprint density at radius 1 is 0.727 bits per heavy atom. The Balaban J connectivity index is 3.46. The van der Waals surface area contributed by atoms with Gasteiger partial charge in [0.25, 0.3) is 0 Å². The van der Waals surface area contributed by atoms with Crippen LogP contribution in [0.4, 0.5) is 0 Å². The van der Waals surface area contributed by atoms with Crippen LogP contribution < -0.4 is 0 Å². The number of carbonyl (C=O) groups is 1. The van der Waals surface area contributed by atoms with Crippen LogP contribution in [-0.4, -0.2) is 11.1 Å². The summed E-state index contributed by atoms with van der Waals surface area (Å²) in [5.41, 5.74) is 0. The summed E-state index contributed by atoms with van der Waals surface area (Å²) < 4.78 is 0. The molecule has 0 rings (SSSR count). The van der Waals surface area contributed by atoms with Crippen LogP contribution in [0.1, 0.15) is 58.3 Å². The quantitative estimate of drug-likeness (QED) is 0.335. The maximum absolute atomic E-state index is 10.3. The van der Waals surface area contributed by atoms with Crippen molar-refractivity contribution in [2.24, 2.45) is 0 Å². The van der Waals surface area contributed by atoms with Crippen molar-refractivity contribution >= 4 is 5.97 Å². The van der Waals surface area contributed by atoms with Crippen molar-refractivity contribution in [3.63, 3.8) is 0 Å². The number of rotatable bonds is 13. The first kappa shape index (κ1) is 20.2. The Hall–Kier alpha value is -1.83. The van der Waals surface area contributed by atoms with Gasteiger partial charge < -0.3 is 5.11 Å². The fraction of sp³-hybridized carbons (Fsp3) is 0.450. The van der Waals surface area contributed by atoms with Gasteiger partial charge in [-0.1, -0.05) is 67.7 Å². The Kier molecular flexibility index (Phi) is 15.8. The second-order valence-corrected chi connectivity index (χ2v) is 4.99. The van der Waals surface area contributed by atoms with E-state index in [0.717, 1.165) is 44.9 Å². The summed E-state index contributed by atoms with van der Waals surface area (Å²) in [6.45, 7) is 2.14. The molecule has 2 heteroatoms. The molecule has 0 fully saturated rings. The van der Waals surface area contributed by atoms with Gasteiger partial charge in [0.1, 0.15) is 0 Å². The molecule has 0 aromatic rings. The number of allylic oxidation sites excluding steroid dienone is 10. The molecule has 0 aromatic carbocycles. The predicted molar refractivity (Wildman–Crippen MR) is 95.9 cm³/mol. The molecule has 0 aliphatic heterocycles. The van der Waals surface area contributed by atoms with Crippen LogP contribution in [0, 0.1) is 0 Å². The number of carboxylic acids is 1. The van der Waals surface area contributed by atoms with E-state index < -0.39 is 5.97 Å². The van der Waals surface area contributed by atoms with E-state index >= 15 is 0 Å². The SMILES string of the molecule is CC/C=C\C/C=C\CC=CC/C=C\C/C=C\CCCC(=O)O. The summed E-state index contributed by atoms with van der Waals surface area (Å²) >= 11 is 0. The Morgan fingerprint density at radius 3 is 1.55 bits per heavy atom. The van der Waals surface area contributed by atoms with E-state index in [0.29, 0.717) is 0 Å². The molecule has 0 amide bonds. The molecule has 0 radical (unpaired) electrons. The molecule has 1 N–H and O–H groups in total.